The van der Waals surface area contributed by atoms with Crippen molar-refractivity contribution in [3.05, 3.63) is 11.1 Å². The lowest BCUT2D eigenvalue weighted by atomic mass is 9.50. The van der Waals surface area contributed by atoms with Crippen LogP contribution >= 0.6 is 0 Å². The number of hydrogen-bond donors (Lipinski definition) is 0. The molecule has 17 heavy (non-hydrogen) atoms. The number of allylic oxidation sites excluding steroid dienone is 2. The summed E-state index contributed by atoms with van der Waals surface area (Å²) in [4.78, 5) is 0. The van der Waals surface area contributed by atoms with Gasteiger partial charge in [0.15, 0.2) is 0 Å². The Kier molecular flexibility index (Phi) is 3.42. The molecule has 2 aliphatic carbocycles. The van der Waals surface area contributed by atoms with Crippen LogP contribution in [0.1, 0.15) is 59.8 Å². The molecule has 2 rings (SSSR count). The zero-order valence-electron chi connectivity index (χ0n) is 12.2. The summed E-state index contributed by atoms with van der Waals surface area (Å²) >= 11 is 0. The summed E-state index contributed by atoms with van der Waals surface area (Å²) < 4.78 is 5.52. The van der Waals surface area contributed by atoms with Gasteiger partial charge in [-0.05, 0) is 56.3 Å². The fraction of sp³-hybridized carbons (Fsp3) is 0.875. The van der Waals surface area contributed by atoms with E-state index in [1.165, 1.54) is 32.1 Å². The van der Waals surface area contributed by atoms with Crippen molar-refractivity contribution in [3.8, 4) is 0 Å². The van der Waals surface area contributed by atoms with E-state index in [-0.39, 0.29) is 0 Å². The zero-order valence-corrected chi connectivity index (χ0v) is 12.2. The normalized spacial score (nSPS) is 42.5. The highest BCUT2D eigenvalue weighted by atomic mass is 16.5. The largest absolute Gasteiger partial charge is 0.384 e. The van der Waals surface area contributed by atoms with Crippen molar-refractivity contribution in [1.82, 2.24) is 0 Å². The number of rotatable bonds is 2. The molecule has 0 bridgehead atoms. The first kappa shape index (κ1) is 13.1. The number of fused-ring (bicyclic) bond motifs is 1. The van der Waals surface area contributed by atoms with Gasteiger partial charge < -0.3 is 4.74 Å². The van der Waals surface area contributed by atoms with E-state index in [0.29, 0.717) is 10.8 Å². The van der Waals surface area contributed by atoms with Crippen molar-refractivity contribution in [3.63, 3.8) is 0 Å². The third-order valence-corrected chi connectivity index (χ3v) is 5.83. The van der Waals surface area contributed by atoms with E-state index in [0.717, 1.165) is 12.5 Å². The Bertz CT molecular complexity index is 326. The Hall–Kier alpha value is -0.300. The van der Waals surface area contributed by atoms with Crippen LogP contribution in [0.3, 0.4) is 0 Å². The molecule has 1 unspecified atom stereocenters. The Labute approximate surface area is 107 Å². The third kappa shape index (κ3) is 1.97. The smallest absolute Gasteiger partial charge is 0.0518 e. The summed E-state index contributed by atoms with van der Waals surface area (Å²) in [5, 5.41) is 0. The maximum absolute atomic E-state index is 5.52. The predicted octanol–water partition coefficient (Wildman–Crippen LogP) is 4.58. The predicted molar refractivity (Wildman–Crippen MR) is 73.0 cm³/mol. The van der Waals surface area contributed by atoms with Gasteiger partial charge in [-0.25, -0.2) is 0 Å². The third-order valence-electron chi connectivity index (χ3n) is 5.83. The lowest BCUT2D eigenvalue weighted by molar-refractivity contribution is -0.0494. The highest BCUT2D eigenvalue weighted by molar-refractivity contribution is 5.25. The summed E-state index contributed by atoms with van der Waals surface area (Å²) in [5.41, 5.74) is 4.15. The molecule has 0 heterocycles. The van der Waals surface area contributed by atoms with Gasteiger partial charge in [0.25, 0.3) is 0 Å². The average Bonchev–Trinajstić information content (AvgIpc) is 2.25. The molecule has 0 aromatic carbocycles. The van der Waals surface area contributed by atoms with Crippen molar-refractivity contribution in [2.75, 3.05) is 13.7 Å². The summed E-state index contributed by atoms with van der Waals surface area (Å²) in [6.07, 6.45) is 6.73. The first-order valence-corrected chi connectivity index (χ1v) is 7.10. The summed E-state index contributed by atoms with van der Waals surface area (Å²) in [6, 6.07) is 0. The molecular weight excluding hydrogens is 208 g/mol. The minimum Gasteiger partial charge on any atom is -0.384 e. The molecule has 0 radical (unpaired) electrons. The van der Waals surface area contributed by atoms with Gasteiger partial charge in [-0.1, -0.05) is 31.4 Å². The Morgan fingerprint density at radius 1 is 1.24 bits per heavy atom. The van der Waals surface area contributed by atoms with Crippen molar-refractivity contribution >= 4 is 0 Å². The molecular formula is C16H28O. The van der Waals surface area contributed by atoms with Gasteiger partial charge in [0.05, 0.1) is 6.61 Å². The summed E-state index contributed by atoms with van der Waals surface area (Å²) in [5.74, 6) is 0.812. The molecule has 2 aliphatic rings. The van der Waals surface area contributed by atoms with Gasteiger partial charge in [0, 0.05) is 7.11 Å². The maximum Gasteiger partial charge on any atom is 0.0518 e. The van der Waals surface area contributed by atoms with Crippen LogP contribution < -0.4 is 0 Å². The Morgan fingerprint density at radius 2 is 1.94 bits per heavy atom. The van der Waals surface area contributed by atoms with Crippen LogP contribution in [0.2, 0.25) is 0 Å². The van der Waals surface area contributed by atoms with E-state index in [1.807, 2.05) is 7.11 Å². The number of hydrogen-bond acceptors (Lipinski definition) is 1. The second kappa shape index (κ2) is 4.42. The van der Waals surface area contributed by atoms with Gasteiger partial charge in [-0.3, -0.25) is 0 Å². The van der Waals surface area contributed by atoms with Gasteiger partial charge in [-0.15, -0.1) is 0 Å². The molecule has 0 aromatic rings. The van der Waals surface area contributed by atoms with Crippen molar-refractivity contribution in [2.45, 2.75) is 59.8 Å². The average molecular weight is 236 g/mol. The van der Waals surface area contributed by atoms with Gasteiger partial charge in [-0.2, -0.15) is 0 Å². The lowest BCUT2D eigenvalue weighted by Crippen LogP contribution is -2.48. The van der Waals surface area contributed by atoms with E-state index in [9.17, 15) is 0 Å². The lowest BCUT2D eigenvalue weighted by Gasteiger charge is -2.55. The molecule has 0 spiro atoms. The fourth-order valence-corrected chi connectivity index (χ4v) is 4.63. The maximum atomic E-state index is 5.52. The van der Waals surface area contributed by atoms with Gasteiger partial charge in [0.1, 0.15) is 0 Å². The van der Waals surface area contributed by atoms with E-state index in [4.69, 9.17) is 4.74 Å². The molecule has 1 saturated carbocycles. The standard InChI is InChI=1S/C16H28O/c1-12-7-8-14-15(3,11-17-5)9-6-10-16(14,4)13(12)2/h14H,6-11H2,1-5H3/t14?,15-,16-/m1/s1. The number of ether oxygens (including phenoxy) is 1. The van der Waals surface area contributed by atoms with Crippen LogP contribution in [0.25, 0.3) is 0 Å². The first-order valence-electron chi connectivity index (χ1n) is 7.10. The van der Waals surface area contributed by atoms with E-state index < -0.39 is 0 Å². The molecule has 1 fully saturated rings. The summed E-state index contributed by atoms with van der Waals surface area (Å²) in [6.45, 7) is 10.6. The Balaban J connectivity index is 2.36. The SMILES string of the molecule is COC[C@@]1(C)CCC[C@]2(C)C(C)=C(C)CCC12. The topological polar surface area (TPSA) is 9.23 Å². The minimum atomic E-state index is 0.393. The molecule has 0 amide bonds. The quantitative estimate of drug-likeness (QED) is 0.638. The van der Waals surface area contributed by atoms with E-state index in [1.54, 1.807) is 11.1 Å². The van der Waals surface area contributed by atoms with Crippen LogP contribution in [0.4, 0.5) is 0 Å². The zero-order chi connectivity index (χ0) is 12.7. The van der Waals surface area contributed by atoms with Gasteiger partial charge >= 0.3 is 0 Å². The van der Waals surface area contributed by atoms with E-state index >= 15 is 0 Å². The Morgan fingerprint density at radius 3 is 2.59 bits per heavy atom. The van der Waals surface area contributed by atoms with Crippen LogP contribution in [0.15, 0.2) is 11.1 Å². The van der Waals surface area contributed by atoms with Crippen LogP contribution in [0.5, 0.6) is 0 Å². The summed E-state index contributed by atoms with van der Waals surface area (Å²) in [7, 11) is 1.86. The molecule has 3 atom stereocenters. The van der Waals surface area contributed by atoms with Crippen molar-refractivity contribution < 1.29 is 4.74 Å². The van der Waals surface area contributed by atoms with Crippen LogP contribution in [0, 0.1) is 16.7 Å². The minimum absolute atomic E-state index is 0.393. The fourth-order valence-electron chi connectivity index (χ4n) is 4.63. The monoisotopic (exact) mass is 236 g/mol. The second-order valence-corrected chi connectivity index (χ2v) is 6.85. The molecule has 0 aromatic heterocycles. The molecule has 1 heteroatoms. The van der Waals surface area contributed by atoms with Gasteiger partial charge in [0.2, 0.25) is 0 Å². The van der Waals surface area contributed by atoms with Crippen LogP contribution in [-0.4, -0.2) is 13.7 Å². The second-order valence-electron chi connectivity index (χ2n) is 6.85. The van der Waals surface area contributed by atoms with E-state index in [2.05, 4.69) is 27.7 Å². The number of methoxy groups -OCH3 is 1. The highest BCUT2D eigenvalue weighted by Gasteiger charge is 2.50. The first-order chi connectivity index (χ1) is 7.94. The van der Waals surface area contributed by atoms with Crippen molar-refractivity contribution in [2.24, 2.45) is 16.7 Å². The molecule has 0 aliphatic heterocycles. The molecule has 1 nitrogen and oxygen atoms in total. The molecule has 0 saturated heterocycles. The van der Waals surface area contributed by atoms with Crippen LogP contribution in [-0.2, 0) is 4.74 Å². The highest BCUT2D eigenvalue weighted by Crippen LogP contribution is 2.59. The molecule has 0 N–H and O–H groups in total. The van der Waals surface area contributed by atoms with Crippen molar-refractivity contribution in [1.29, 1.82) is 0 Å². The molecule has 98 valence electrons.